The van der Waals surface area contributed by atoms with Gasteiger partial charge in [0.2, 0.25) is 0 Å². The van der Waals surface area contributed by atoms with Gasteiger partial charge in [0, 0.05) is 10.2 Å². The Balaban J connectivity index is 2.02. The van der Waals surface area contributed by atoms with Crippen molar-refractivity contribution in [2.45, 2.75) is 13.0 Å². The quantitative estimate of drug-likeness (QED) is 0.891. The Kier molecular flexibility index (Phi) is 5.22. The molecule has 4 nitrogen and oxygen atoms in total. The summed E-state index contributed by atoms with van der Waals surface area (Å²) in [5.74, 6) is 0.913. The van der Waals surface area contributed by atoms with Crippen molar-refractivity contribution in [2.24, 2.45) is 0 Å². The van der Waals surface area contributed by atoms with Crippen LogP contribution >= 0.6 is 15.9 Å². The van der Waals surface area contributed by atoms with Gasteiger partial charge in [-0.05, 0) is 37.3 Å². The molecule has 0 fully saturated rings. The maximum Gasteiger partial charge on any atom is 0.265 e. The number of nitrogens with one attached hydrogen (secondary N) is 1. The van der Waals surface area contributed by atoms with Crippen LogP contribution in [0.25, 0.3) is 0 Å². The molecule has 110 valence electrons. The van der Waals surface area contributed by atoms with Gasteiger partial charge in [-0.2, -0.15) is 0 Å². The lowest BCUT2D eigenvalue weighted by Gasteiger charge is -2.16. The monoisotopic (exact) mass is 349 g/mol. The summed E-state index contributed by atoms with van der Waals surface area (Å²) in [6.45, 7) is 1.69. The molecule has 1 N–H and O–H groups in total. The summed E-state index contributed by atoms with van der Waals surface area (Å²) in [4.78, 5) is 12.1. The normalized spacial score (nSPS) is 11.6. The van der Waals surface area contributed by atoms with Gasteiger partial charge < -0.3 is 14.8 Å². The van der Waals surface area contributed by atoms with E-state index >= 15 is 0 Å². The summed E-state index contributed by atoms with van der Waals surface area (Å²) in [6.07, 6.45) is -0.639. The maximum atomic E-state index is 12.1. The first-order valence-electron chi connectivity index (χ1n) is 6.46. The molecule has 2 rings (SSSR count). The van der Waals surface area contributed by atoms with Crippen LogP contribution in [0.15, 0.2) is 53.0 Å². The van der Waals surface area contributed by atoms with Gasteiger partial charge in [-0.3, -0.25) is 4.79 Å². The van der Waals surface area contributed by atoms with Gasteiger partial charge in [0.25, 0.3) is 5.91 Å². The number of ether oxygens (including phenoxy) is 2. The third kappa shape index (κ3) is 4.23. The Morgan fingerprint density at radius 1 is 1.14 bits per heavy atom. The first kappa shape index (κ1) is 15.4. The molecule has 21 heavy (non-hydrogen) atoms. The fourth-order valence-electron chi connectivity index (χ4n) is 1.77. The Hall–Kier alpha value is -2.01. The zero-order chi connectivity index (χ0) is 15.2. The van der Waals surface area contributed by atoms with Crippen LogP contribution in [-0.4, -0.2) is 19.1 Å². The van der Waals surface area contributed by atoms with Crippen LogP contribution in [0.5, 0.6) is 11.5 Å². The molecule has 2 aromatic carbocycles. The lowest BCUT2D eigenvalue weighted by Crippen LogP contribution is -2.30. The number of halogens is 1. The molecular weight excluding hydrogens is 334 g/mol. The van der Waals surface area contributed by atoms with E-state index in [0.29, 0.717) is 17.2 Å². The van der Waals surface area contributed by atoms with Gasteiger partial charge >= 0.3 is 0 Å². The second-order valence-corrected chi connectivity index (χ2v) is 5.33. The topological polar surface area (TPSA) is 47.6 Å². The van der Waals surface area contributed by atoms with Gasteiger partial charge in [-0.25, -0.2) is 0 Å². The Bertz CT molecular complexity index is 630. The average molecular weight is 350 g/mol. The third-order valence-electron chi connectivity index (χ3n) is 2.83. The number of benzene rings is 2. The molecule has 0 aliphatic heterocycles. The van der Waals surface area contributed by atoms with Gasteiger partial charge in [-0.15, -0.1) is 0 Å². The van der Waals surface area contributed by atoms with Crippen LogP contribution in [0.3, 0.4) is 0 Å². The number of rotatable bonds is 5. The predicted octanol–water partition coefficient (Wildman–Crippen LogP) is 3.86. The summed E-state index contributed by atoms with van der Waals surface area (Å²) in [6, 6.07) is 14.6. The zero-order valence-corrected chi connectivity index (χ0v) is 13.4. The first-order valence-corrected chi connectivity index (χ1v) is 7.25. The molecule has 1 atom stereocenters. The van der Waals surface area contributed by atoms with E-state index in [1.165, 1.54) is 0 Å². The lowest BCUT2D eigenvalue weighted by molar-refractivity contribution is -0.122. The number of carbonyl (C=O) groups is 1. The van der Waals surface area contributed by atoms with E-state index in [4.69, 9.17) is 9.47 Å². The van der Waals surface area contributed by atoms with Crippen molar-refractivity contribution in [1.29, 1.82) is 0 Å². The van der Waals surface area contributed by atoms with E-state index in [2.05, 4.69) is 21.2 Å². The largest absolute Gasteiger partial charge is 0.493 e. The summed E-state index contributed by atoms with van der Waals surface area (Å²) in [5.41, 5.74) is 0.713. The number of carbonyl (C=O) groups excluding carboxylic acids is 1. The number of anilines is 1. The van der Waals surface area contributed by atoms with Gasteiger partial charge in [0.1, 0.15) is 0 Å². The number of hydrogen-bond donors (Lipinski definition) is 1. The first-order chi connectivity index (χ1) is 10.1. The molecular formula is C16H16BrNO3. The summed E-state index contributed by atoms with van der Waals surface area (Å²) >= 11 is 3.36. The molecule has 2 aromatic rings. The molecule has 0 radical (unpaired) electrons. The molecule has 0 unspecified atom stereocenters. The van der Waals surface area contributed by atoms with Crippen LogP contribution in [0.1, 0.15) is 6.92 Å². The van der Waals surface area contributed by atoms with E-state index in [1.807, 2.05) is 36.4 Å². The van der Waals surface area contributed by atoms with Crippen LogP contribution in [0.2, 0.25) is 0 Å². The molecule has 0 saturated heterocycles. The Morgan fingerprint density at radius 3 is 2.52 bits per heavy atom. The molecule has 0 aliphatic rings. The molecule has 0 aliphatic carbocycles. The molecule has 5 heteroatoms. The molecule has 1 amide bonds. The smallest absolute Gasteiger partial charge is 0.265 e. The van der Waals surface area contributed by atoms with Crippen molar-refractivity contribution in [1.82, 2.24) is 0 Å². The maximum absolute atomic E-state index is 12.1. The van der Waals surface area contributed by atoms with Crippen LogP contribution in [-0.2, 0) is 4.79 Å². The lowest BCUT2D eigenvalue weighted by atomic mass is 10.3. The van der Waals surface area contributed by atoms with Crippen molar-refractivity contribution in [3.63, 3.8) is 0 Å². The molecule has 0 saturated carbocycles. The van der Waals surface area contributed by atoms with Crippen LogP contribution < -0.4 is 14.8 Å². The standard InChI is InChI=1S/C16H16BrNO3/c1-11(21-15-9-4-3-8-14(15)20-2)16(19)18-13-7-5-6-12(17)10-13/h3-11H,1-2H3,(H,18,19)/t11-/m0/s1. The van der Waals surface area contributed by atoms with Gasteiger partial charge in [-0.1, -0.05) is 34.1 Å². The van der Waals surface area contributed by atoms with E-state index in [9.17, 15) is 4.79 Å². The van der Waals surface area contributed by atoms with E-state index in [0.717, 1.165) is 4.47 Å². The van der Waals surface area contributed by atoms with E-state index in [1.54, 1.807) is 26.2 Å². The summed E-state index contributed by atoms with van der Waals surface area (Å²) in [5, 5.41) is 2.81. The fraction of sp³-hybridized carbons (Fsp3) is 0.188. The zero-order valence-electron chi connectivity index (χ0n) is 11.8. The number of amides is 1. The van der Waals surface area contributed by atoms with Crippen LogP contribution in [0, 0.1) is 0 Å². The molecule has 0 aromatic heterocycles. The van der Waals surface area contributed by atoms with Crippen molar-refractivity contribution in [2.75, 3.05) is 12.4 Å². The SMILES string of the molecule is COc1ccccc1O[C@@H](C)C(=O)Nc1cccc(Br)c1. The predicted molar refractivity (Wildman–Crippen MR) is 85.9 cm³/mol. The summed E-state index contributed by atoms with van der Waals surface area (Å²) < 4.78 is 11.8. The highest BCUT2D eigenvalue weighted by atomic mass is 79.9. The summed E-state index contributed by atoms with van der Waals surface area (Å²) in [7, 11) is 1.56. The van der Waals surface area contributed by atoms with Crippen molar-refractivity contribution in [3.05, 3.63) is 53.0 Å². The Morgan fingerprint density at radius 2 is 1.86 bits per heavy atom. The Labute approximate surface area is 132 Å². The van der Waals surface area contributed by atoms with Crippen molar-refractivity contribution >= 4 is 27.5 Å². The number of para-hydroxylation sites is 2. The van der Waals surface area contributed by atoms with Crippen LogP contribution in [0.4, 0.5) is 5.69 Å². The number of hydrogen-bond acceptors (Lipinski definition) is 3. The van der Waals surface area contributed by atoms with E-state index < -0.39 is 6.10 Å². The van der Waals surface area contributed by atoms with Gasteiger partial charge in [0.15, 0.2) is 17.6 Å². The molecule has 0 spiro atoms. The molecule has 0 bridgehead atoms. The highest BCUT2D eigenvalue weighted by Gasteiger charge is 2.16. The molecule has 0 heterocycles. The fourth-order valence-corrected chi connectivity index (χ4v) is 2.17. The minimum atomic E-state index is -0.639. The number of methoxy groups -OCH3 is 1. The highest BCUT2D eigenvalue weighted by Crippen LogP contribution is 2.27. The van der Waals surface area contributed by atoms with E-state index in [-0.39, 0.29) is 5.91 Å². The van der Waals surface area contributed by atoms with Crippen molar-refractivity contribution < 1.29 is 14.3 Å². The second kappa shape index (κ2) is 7.13. The minimum Gasteiger partial charge on any atom is -0.493 e. The average Bonchev–Trinajstić information content (AvgIpc) is 2.47. The van der Waals surface area contributed by atoms with Gasteiger partial charge in [0.05, 0.1) is 7.11 Å². The van der Waals surface area contributed by atoms with Crippen molar-refractivity contribution in [3.8, 4) is 11.5 Å². The highest BCUT2D eigenvalue weighted by molar-refractivity contribution is 9.10. The third-order valence-corrected chi connectivity index (χ3v) is 3.33. The minimum absolute atomic E-state index is 0.223. The second-order valence-electron chi connectivity index (χ2n) is 4.41.